The summed E-state index contributed by atoms with van der Waals surface area (Å²) >= 11 is 6.77. The van der Waals surface area contributed by atoms with Gasteiger partial charge in [0.1, 0.15) is 0 Å². The van der Waals surface area contributed by atoms with Crippen molar-refractivity contribution in [2.45, 2.75) is 13.0 Å². The molecule has 0 saturated heterocycles. The number of rotatable bonds is 3. The molecular weight excluding hydrogens is 326 g/mol. The number of amidine groups is 1. The number of benzene rings is 1. The standard InChI is InChI=1S/C9H11Br2N3O/c1-5(9(12)14-15)13-8-4-6(10)2-3-7(8)11/h2-5,13,15H,1H3,(H2,12,14). The van der Waals surface area contributed by atoms with Gasteiger partial charge in [-0.3, -0.25) is 0 Å². The number of anilines is 1. The lowest BCUT2D eigenvalue weighted by Gasteiger charge is -2.15. The van der Waals surface area contributed by atoms with Gasteiger partial charge in [-0.05, 0) is 41.1 Å². The molecule has 1 unspecified atom stereocenters. The number of hydrogen-bond acceptors (Lipinski definition) is 3. The van der Waals surface area contributed by atoms with E-state index in [-0.39, 0.29) is 11.9 Å². The normalized spacial score (nSPS) is 13.7. The molecule has 0 aromatic heterocycles. The molecule has 0 bridgehead atoms. The molecule has 4 nitrogen and oxygen atoms in total. The van der Waals surface area contributed by atoms with Crippen LogP contribution < -0.4 is 11.1 Å². The maximum atomic E-state index is 8.51. The van der Waals surface area contributed by atoms with Crippen molar-refractivity contribution < 1.29 is 5.21 Å². The third-order valence-electron chi connectivity index (χ3n) is 1.86. The van der Waals surface area contributed by atoms with E-state index >= 15 is 0 Å². The van der Waals surface area contributed by atoms with Crippen LogP contribution in [0.25, 0.3) is 0 Å². The summed E-state index contributed by atoms with van der Waals surface area (Å²) in [6.45, 7) is 1.81. The summed E-state index contributed by atoms with van der Waals surface area (Å²) in [7, 11) is 0. The monoisotopic (exact) mass is 335 g/mol. The number of hydrogen-bond donors (Lipinski definition) is 3. The minimum atomic E-state index is -0.236. The summed E-state index contributed by atoms with van der Waals surface area (Å²) in [5.74, 6) is 0.141. The molecule has 0 amide bonds. The maximum absolute atomic E-state index is 8.51. The number of nitrogens with two attached hydrogens (primary N) is 1. The average Bonchev–Trinajstić information content (AvgIpc) is 2.22. The molecule has 0 radical (unpaired) electrons. The van der Waals surface area contributed by atoms with Crippen molar-refractivity contribution in [3.8, 4) is 0 Å². The Kier molecular flexibility index (Phi) is 4.41. The van der Waals surface area contributed by atoms with Crippen LogP contribution >= 0.6 is 31.9 Å². The van der Waals surface area contributed by atoms with Crippen LogP contribution in [0.5, 0.6) is 0 Å². The Morgan fingerprint density at radius 1 is 1.53 bits per heavy atom. The molecule has 0 aliphatic heterocycles. The molecule has 0 spiro atoms. The van der Waals surface area contributed by atoms with Crippen LogP contribution in [0.2, 0.25) is 0 Å². The van der Waals surface area contributed by atoms with Crippen molar-refractivity contribution in [3.63, 3.8) is 0 Å². The lowest BCUT2D eigenvalue weighted by Crippen LogP contribution is -2.32. The Morgan fingerprint density at radius 2 is 2.20 bits per heavy atom. The van der Waals surface area contributed by atoms with Gasteiger partial charge in [0, 0.05) is 8.95 Å². The van der Waals surface area contributed by atoms with Crippen molar-refractivity contribution in [2.24, 2.45) is 10.9 Å². The van der Waals surface area contributed by atoms with Gasteiger partial charge in [0.2, 0.25) is 0 Å². The fraction of sp³-hybridized carbons (Fsp3) is 0.222. The van der Waals surface area contributed by atoms with Crippen LogP contribution in [-0.2, 0) is 0 Å². The molecule has 15 heavy (non-hydrogen) atoms. The fourth-order valence-corrected chi connectivity index (χ4v) is 1.72. The summed E-state index contributed by atoms with van der Waals surface area (Å²) in [4.78, 5) is 0. The van der Waals surface area contributed by atoms with E-state index < -0.39 is 0 Å². The van der Waals surface area contributed by atoms with E-state index in [1.54, 1.807) is 0 Å². The van der Waals surface area contributed by atoms with Gasteiger partial charge in [0.15, 0.2) is 5.84 Å². The molecule has 0 aliphatic carbocycles. The first-order valence-corrected chi connectivity index (χ1v) is 5.82. The van der Waals surface area contributed by atoms with E-state index in [4.69, 9.17) is 10.9 Å². The Balaban J connectivity index is 2.85. The van der Waals surface area contributed by atoms with Gasteiger partial charge in [-0.15, -0.1) is 0 Å². The van der Waals surface area contributed by atoms with Crippen molar-refractivity contribution in [3.05, 3.63) is 27.1 Å². The smallest absolute Gasteiger partial charge is 0.161 e. The van der Waals surface area contributed by atoms with Crippen molar-refractivity contribution in [2.75, 3.05) is 5.32 Å². The zero-order valence-electron chi connectivity index (χ0n) is 8.04. The zero-order chi connectivity index (χ0) is 11.4. The molecule has 4 N–H and O–H groups in total. The van der Waals surface area contributed by atoms with Crippen LogP contribution in [0.15, 0.2) is 32.3 Å². The predicted octanol–water partition coefficient (Wildman–Crippen LogP) is 2.76. The predicted molar refractivity (Wildman–Crippen MR) is 68.3 cm³/mol. The second-order valence-corrected chi connectivity index (χ2v) is 4.79. The van der Waals surface area contributed by atoms with Gasteiger partial charge < -0.3 is 16.3 Å². The lowest BCUT2D eigenvalue weighted by atomic mass is 10.2. The largest absolute Gasteiger partial charge is 0.409 e. The van der Waals surface area contributed by atoms with Crippen LogP contribution in [0.3, 0.4) is 0 Å². The molecule has 6 heteroatoms. The van der Waals surface area contributed by atoms with E-state index in [2.05, 4.69) is 42.3 Å². The second kappa shape index (κ2) is 5.37. The van der Waals surface area contributed by atoms with E-state index in [1.807, 2.05) is 25.1 Å². The molecule has 1 rings (SSSR count). The first-order chi connectivity index (χ1) is 7.04. The van der Waals surface area contributed by atoms with Gasteiger partial charge in [0.05, 0.1) is 11.7 Å². The Morgan fingerprint density at radius 3 is 2.80 bits per heavy atom. The third-order valence-corrected chi connectivity index (χ3v) is 3.04. The number of nitrogens with zero attached hydrogens (tertiary/aromatic N) is 1. The Bertz CT molecular complexity index is 382. The minimum Gasteiger partial charge on any atom is -0.409 e. The maximum Gasteiger partial charge on any atom is 0.161 e. The van der Waals surface area contributed by atoms with Crippen LogP contribution in [-0.4, -0.2) is 17.1 Å². The second-order valence-electron chi connectivity index (χ2n) is 3.02. The first kappa shape index (κ1) is 12.3. The first-order valence-electron chi connectivity index (χ1n) is 4.23. The number of oxime groups is 1. The van der Waals surface area contributed by atoms with Gasteiger partial charge in [-0.1, -0.05) is 21.1 Å². The molecule has 0 heterocycles. The number of nitrogens with one attached hydrogen (secondary N) is 1. The zero-order valence-corrected chi connectivity index (χ0v) is 11.2. The van der Waals surface area contributed by atoms with Gasteiger partial charge >= 0.3 is 0 Å². The Hall–Kier alpha value is -0.750. The van der Waals surface area contributed by atoms with E-state index in [0.717, 1.165) is 14.6 Å². The lowest BCUT2D eigenvalue weighted by molar-refractivity contribution is 0.316. The van der Waals surface area contributed by atoms with Gasteiger partial charge in [-0.25, -0.2) is 0 Å². The summed E-state index contributed by atoms with van der Waals surface area (Å²) in [6, 6.07) is 5.50. The molecule has 0 aliphatic rings. The van der Waals surface area contributed by atoms with Crippen LogP contribution in [0.1, 0.15) is 6.92 Å². The third kappa shape index (κ3) is 3.39. The Labute approximate surface area is 105 Å². The number of halogens is 2. The van der Waals surface area contributed by atoms with E-state index in [9.17, 15) is 0 Å². The topological polar surface area (TPSA) is 70.6 Å². The summed E-state index contributed by atoms with van der Waals surface area (Å²) in [5.41, 5.74) is 6.34. The highest BCUT2D eigenvalue weighted by Gasteiger charge is 2.09. The SMILES string of the molecule is CC(Nc1cc(Br)ccc1Br)C(N)=NO. The van der Waals surface area contributed by atoms with Gasteiger partial charge in [-0.2, -0.15) is 0 Å². The van der Waals surface area contributed by atoms with E-state index in [0.29, 0.717) is 0 Å². The summed E-state index contributed by atoms with van der Waals surface area (Å²) in [5, 5.41) is 14.6. The quantitative estimate of drug-likeness (QED) is 0.344. The highest BCUT2D eigenvalue weighted by Crippen LogP contribution is 2.26. The average molecular weight is 337 g/mol. The highest BCUT2D eigenvalue weighted by atomic mass is 79.9. The van der Waals surface area contributed by atoms with Gasteiger partial charge in [0.25, 0.3) is 0 Å². The molecule has 1 aromatic carbocycles. The van der Waals surface area contributed by atoms with Crippen LogP contribution in [0, 0.1) is 0 Å². The van der Waals surface area contributed by atoms with Crippen LogP contribution in [0.4, 0.5) is 5.69 Å². The van der Waals surface area contributed by atoms with Crippen molar-refractivity contribution in [1.82, 2.24) is 0 Å². The molecule has 1 atom stereocenters. The molecular formula is C9H11Br2N3O. The molecule has 82 valence electrons. The molecule has 1 aromatic rings. The van der Waals surface area contributed by atoms with Crippen molar-refractivity contribution >= 4 is 43.4 Å². The fourth-order valence-electron chi connectivity index (χ4n) is 1.00. The van der Waals surface area contributed by atoms with E-state index in [1.165, 1.54) is 0 Å². The molecule has 0 saturated carbocycles. The highest BCUT2D eigenvalue weighted by molar-refractivity contribution is 9.11. The summed E-state index contributed by atoms with van der Waals surface area (Å²) in [6.07, 6.45) is 0. The minimum absolute atomic E-state index is 0.141. The molecule has 0 fully saturated rings. The summed E-state index contributed by atoms with van der Waals surface area (Å²) < 4.78 is 1.88. The van der Waals surface area contributed by atoms with Crippen molar-refractivity contribution in [1.29, 1.82) is 0 Å².